The van der Waals surface area contributed by atoms with Gasteiger partial charge in [-0.1, -0.05) is 82.9 Å². The van der Waals surface area contributed by atoms with Crippen molar-refractivity contribution in [2.75, 3.05) is 11.4 Å². The van der Waals surface area contributed by atoms with Gasteiger partial charge in [-0.3, -0.25) is 4.90 Å². The highest BCUT2D eigenvalue weighted by atomic mass is 16.6. The summed E-state index contributed by atoms with van der Waals surface area (Å²) in [6.45, 7) is 2.96. The lowest BCUT2D eigenvalue weighted by Crippen LogP contribution is -2.24. The van der Waals surface area contributed by atoms with Gasteiger partial charge in [-0.15, -0.1) is 0 Å². The second-order valence-electron chi connectivity index (χ2n) is 6.92. The molecule has 0 saturated carbocycles. The summed E-state index contributed by atoms with van der Waals surface area (Å²) in [7, 11) is 0. The van der Waals surface area contributed by atoms with Gasteiger partial charge in [0.15, 0.2) is 0 Å². The first kappa shape index (κ1) is 18.8. The van der Waals surface area contributed by atoms with E-state index in [1.54, 1.807) is 4.90 Å². The number of carbonyl (C=O) groups excluding carboxylic acids is 1. The fraction of sp³-hybridized carbons (Fsp3) is 0.667. The van der Waals surface area contributed by atoms with Crippen molar-refractivity contribution in [2.45, 2.75) is 83.7 Å². The SMILES string of the molecule is CCCCCCCCCCCCC1CN(c2ccccc2)C(=O)O1. The minimum atomic E-state index is -0.196. The van der Waals surface area contributed by atoms with Crippen LogP contribution in [0.15, 0.2) is 30.3 Å². The fourth-order valence-corrected chi connectivity index (χ4v) is 3.35. The van der Waals surface area contributed by atoms with Crippen molar-refractivity contribution in [3.63, 3.8) is 0 Å². The lowest BCUT2D eigenvalue weighted by Gasteiger charge is -2.12. The zero-order valence-electron chi connectivity index (χ0n) is 15.2. The van der Waals surface area contributed by atoms with Gasteiger partial charge in [-0.05, 0) is 25.0 Å². The van der Waals surface area contributed by atoms with Gasteiger partial charge in [-0.25, -0.2) is 4.79 Å². The molecule has 1 saturated heterocycles. The van der Waals surface area contributed by atoms with E-state index in [9.17, 15) is 4.79 Å². The third-order valence-electron chi connectivity index (χ3n) is 4.82. The van der Waals surface area contributed by atoms with Crippen molar-refractivity contribution in [1.82, 2.24) is 0 Å². The lowest BCUT2D eigenvalue weighted by atomic mass is 10.0. The van der Waals surface area contributed by atoms with Crippen molar-refractivity contribution >= 4 is 11.8 Å². The Balaban J connectivity index is 1.51. The van der Waals surface area contributed by atoms with Gasteiger partial charge >= 0.3 is 6.09 Å². The Morgan fingerprint density at radius 2 is 1.50 bits per heavy atom. The molecular formula is C21H33NO2. The van der Waals surface area contributed by atoms with E-state index in [-0.39, 0.29) is 12.2 Å². The Kier molecular flexibility index (Phi) is 8.72. The highest BCUT2D eigenvalue weighted by Crippen LogP contribution is 2.23. The molecular weight excluding hydrogens is 298 g/mol. The van der Waals surface area contributed by atoms with Gasteiger partial charge in [0.2, 0.25) is 0 Å². The molecule has 2 rings (SSSR count). The molecule has 0 spiro atoms. The van der Waals surface area contributed by atoms with Crippen LogP contribution in [0.25, 0.3) is 0 Å². The number of ether oxygens (including phenoxy) is 1. The Morgan fingerprint density at radius 1 is 0.917 bits per heavy atom. The third kappa shape index (κ3) is 6.54. The number of benzene rings is 1. The number of para-hydroxylation sites is 1. The van der Waals surface area contributed by atoms with Crippen LogP contribution < -0.4 is 4.90 Å². The van der Waals surface area contributed by atoms with Gasteiger partial charge < -0.3 is 4.74 Å². The Morgan fingerprint density at radius 3 is 2.12 bits per heavy atom. The average Bonchev–Trinajstić information content (AvgIpc) is 2.98. The van der Waals surface area contributed by atoms with Crippen molar-refractivity contribution in [3.05, 3.63) is 30.3 Å². The predicted octanol–water partition coefficient (Wildman–Crippen LogP) is 6.32. The van der Waals surface area contributed by atoms with E-state index in [0.29, 0.717) is 6.54 Å². The number of unbranched alkanes of at least 4 members (excludes halogenated alkanes) is 9. The first-order chi connectivity index (χ1) is 11.8. The van der Waals surface area contributed by atoms with Crippen LogP contribution in [-0.4, -0.2) is 18.7 Å². The normalized spacial score (nSPS) is 17.3. The summed E-state index contributed by atoms with van der Waals surface area (Å²) in [5.74, 6) is 0. The van der Waals surface area contributed by atoms with Crippen molar-refractivity contribution in [3.8, 4) is 0 Å². The molecule has 134 valence electrons. The molecule has 1 aliphatic heterocycles. The summed E-state index contributed by atoms with van der Waals surface area (Å²) < 4.78 is 5.50. The summed E-state index contributed by atoms with van der Waals surface area (Å²) in [4.78, 5) is 13.7. The quantitative estimate of drug-likeness (QED) is 0.419. The molecule has 1 aromatic rings. The van der Waals surface area contributed by atoms with Gasteiger partial charge in [0.1, 0.15) is 6.10 Å². The summed E-state index contributed by atoms with van der Waals surface area (Å²) in [5.41, 5.74) is 0.938. The number of nitrogens with zero attached hydrogens (tertiary/aromatic N) is 1. The van der Waals surface area contributed by atoms with Crippen LogP contribution in [-0.2, 0) is 4.74 Å². The summed E-state index contributed by atoms with van der Waals surface area (Å²) in [6.07, 6.45) is 14.2. The Bertz CT molecular complexity index is 460. The van der Waals surface area contributed by atoms with Crippen molar-refractivity contribution in [1.29, 1.82) is 0 Å². The fourth-order valence-electron chi connectivity index (χ4n) is 3.35. The first-order valence-corrected chi connectivity index (χ1v) is 9.84. The number of anilines is 1. The van der Waals surface area contributed by atoms with Crippen LogP contribution in [0.1, 0.15) is 77.6 Å². The molecule has 0 N–H and O–H groups in total. The van der Waals surface area contributed by atoms with E-state index in [2.05, 4.69) is 6.92 Å². The summed E-state index contributed by atoms with van der Waals surface area (Å²) in [5, 5.41) is 0. The number of hydrogen-bond donors (Lipinski definition) is 0. The molecule has 1 aliphatic rings. The number of hydrogen-bond acceptors (Lipinski definition) is 2. The van der Waals surface area contributed by atoms with E-state index in [1.807, 2.05) is 30.3 Å². The molecule has 3 heteroatoms. The molecule has 24 heavy (non-hydrogen) atoms. The highest BCUT2D eigenvalue weighted by molar-refractivity contribution is 5.89. The second kappa shape index (κ2) is 11.1. The standard InChI is InChI=1S/C21H33NO2/c1-2-3-4-5-6-7-8-9-10-14-17-20-18-22(21(23)24-20)19-15-12-11-13-16-19/h11-13,15-16,20H,2-10,14,17-18H2,1H3. The minimum absolute atomic E-state index is 0.0618. The molecule has 1 atom stereocenters. The third-order valence-corrected chi connectivity index (χ3v) is 4.82. The van der Waals surface area contributed by atoms with Gasteiger partial charge in [-0.2, -0.15) is 0 Å². The van der Waals surface area contributed by atoms with E-state index >= 15 is 0 Å². The first-order valence-electron chi connectivity index (χ1n) is 9.84. The molecule has 1 heterocycles. The molecule has 1 unspecified atom stereocenters. The molecule has 1 fully saturated rings. The maximum atomic E-state index is 12.0. The van der Waals surface area contributed by atoms with Crippen molar-refractivity contribution in [2.24, 2.45) is 0 Å². The second-order valence-corrected chi connectivity index (χ2v) is 6.92. The van der Waals surface area contributed by atoms with Crippen LogP contribution in [0.3, 0.4) is 0 Å². The van der Waals surface area contributed by atoms with E-state index in [1.165, 1.54) is 57.8 Å². The zero-order valence-corrected chi connectivity index (χ0v) is 15.2. The smallest absolute Gasteiger partial charge is 0.414 e. The van der Waals surface area contributed by atoms with Gasteiger partial charge in [0, 0.05) is 5.69 Å². The molecule has 1 amide bonds. The molecule has 0 radical (unpaired) electrons. The van der Waals surface area contributed by atoms with Crippen LogP contribution >= 0.6 is 0 Å². The van der Waals surface area contributed by atoms with E-state index in [4.69, 9.17) is 4.74 Å². The minimum Gasteiger partial charge on any atom is -0.444 e. The zero-order chi connectivity index (χ0) is 17.0. The van der Waals surface area contributed by atoms with Crippen LogP contribution in [0.2, 0.25) is 0 Å². The molecule has 1 aromatic carbocycles. The van der Waals surface area contributed by atoms with Crippen LogP contribution in [0.4, 0.5) is 10.5 Å². The van der Waals surface area contributed by atoms with E-state index in [0.717, 1.165) is 18.5 Å². The number of amides is 1. The van der Waals surface area contributed by atoms with E-state index < -0.39 is 0 Å². The number of cyclic esters (lactones) is 1. The topological polar surface area (TPSA) is 29.5 Å². The Hall–Kier alpha value is -1.51. The van der Waals surface area contributed by atoms with Crippen molar-refractivity contribution < 1.29 is 9.53 Å². The summed E-state index contributed by atoms with van der Waals surface area (Å²) >= 11 is 0. The molecule has 0 bridgehead atoms. The molecule has 3 nitrogen and oxygen atoms in total. The van der Waals surface area contributed by atoms with Gasteiger partial charge in [0.05, 0.1) is 6.54 Å². The average molecular weight is 332 g/mol. The number of carbonyl (C=O) groups is 1. The van der Waals surface area contributed by atoms with Gasteiger partial charge in [0.25, 0.3) is 0 Å². The Labute approximate surface area is 147 Å². The monoisotopic (exact) mass is 331 g/mol. The maximum absolute atomic E-state index is 12.0. The largest absolute Gasteiger partial charge is 0.444 e. The number of rotatable bonds is 12. The lowest BCUT2D eigenvalue weighted by molar-refractivity contribution is 0.135. The molecule has 0 aromatic heterocycles. The van der Waals surface area contributed by atoms with Crippen LogP contribution in [0.5, 0.6) is 0 Å². The molecule has 0 aliphatic carbocycles. The predicted molar refractivity (Wildman–Crippen MR) is 101 cm³/mol. The van der Waals surface area contributed by atoms with Crippen LogP contribution in [0, 0.1) is 0 Å². The maximum Gasteiger partial charge on any atom is 0.414 e. The summed E-state index contributed by atoms with van der Waals surface area (Å²) in [6, 6.07) is 9.80. The highest BCUT2D eigenvalue weighted by Gasteiger charge is 2.31.